The summed E-state index contributed by atoms with van der Waals surface area (Å²) in [4.78, 5) is 21.4. The van der Waals surface area contributed by atoms with E-state index in [1.165, 1.54) is 24.2 Å². The maximum absolute atomic E-state index is 5.49. The number of fused-ring (bicyclic) bond motifs is 1. The van der Waals surface area contributed by atoms with Crippen molar-refractivity contribution in [2.24, 2.45) is 5.41 Å². The number of anilines is 4. The van der Waals surface area contributed by atoms with Crippen LogP contribution in [-0.2, 0) is 4.74 Å². The number of rotatable bonds is 6. The smallest absolute Gasteiger partial charge is 0.228 e. The molecule has 34 heavy (non-hydrogen) atoms. The normalized spacial score (nSPS) is 20.4. The van der Waals surface area contributed by atoms with Crippen LogP contribution in [0.2, 0.25) is 0 Å². The number of piperazine rings is 1. The van der Waals surface area contributed by atoms with E-state index in [-0.39, 0.29) is 0 Å². The number of nitrogens with zero attached hydrogens (tertiary/aromatic N) is 6. The molecule has 2 aliphatic heterocycles. The molecule has 3 aliphatic rings. The van der Waals surface area contributed by atoms with Crippen molar-refractivity contribution < 1.29 is 4.74 Å². The van der Waals surface area contributed by atoms with Gasteiger partial charge in [-0.15, -0.1) is 0 Å². The Hall–Kier alpha value is -2.97. The number of para-hydroxylation sites is 1. The first-order valence-electron chi connectivity index (χ1n) is 12.4. The van der Waals surface area contributed by atoms with Crippen LogP contribution in [0.3, 0.4) is 0 Å². The molecule has 8 nitrogen and oxygen atoms in total. The highest BCUT2D eigenvalue weighted by Gasteiger charge is 2.52. The summed E-state index contributed by atoms with van der Waals surface area (Å²) < 4.78 is 5.49. The van der Waals surface area contributed by atoms with E-state index in [0.29, 0.717) is 17.5 Å². The van der Waals surface area contributed by atoms with Gasteiger partial charge in [-0.05, 0) is 37.6 Å². The molecule has 178 valence electrons. The fourth-order valence-corrected chi connectivity index (χ4v) is 5.70. The van der Waals surface area contributed by atoms with Crippen molar-refractivity contribution in [1.82, 2.24) is 19.9 Å². The predicted molar refractivity (Wildman–Crippen MR) is 136 cm³/mol. The molecule has 0 unspecified atom stereocenters. The number of ether oxygens (including phenoxy) is 1. The summed E-state index contributed by atoms with van der Waals surface area (Å²) >= 11 is 0. The van der Waals surface area contributed by atoms with Crippen LogP contribution in [0, 0.1) is 5.41 Å². The number of benzene rings is 1. The number of methoxy groups -OCH3 is 1. The molecule has 1 spiro atoms. The predicted octanol–water partition coefficient (Wildman–Crippen LogP) is 3.53. The van der Waals surface area contributed by atoms with E-state index in [1.54, 1.807) is 0 Å². The second kappa shape index (κ2) is 8.67. The van der Waals surface area contributed by atoms with Crippen LogP contribution >= 0.6 is 0 Å². The summed E-state index contributed by atoms with van der Waals surface area (Å²) in [7, 11) is 1.82. The van der Waals surface area contributed by atoms with Crippen molar-refractivity contribution in [2.75, 3.05) is 68.0 Å². The molecular weight excluding hydrogens is 426 g/mol. The lowest BCUT2D eigenvalue weighted by molar-refractivity contribution is -0.0730. The largest absolute Gasteiger partial charge is 0.381 e. The van der Waals surface area contributed by atoms with E-state index < -0.39 is 0 Å². The Labute approximate surface area is 200 Å². The van der Waals surface area contributed by atoms with E-state index >= 15 is 0 Å². The van der Waals surface area contributed by atoms with Gasteiger partial charge in [-0.25, -0.2) is 15.0 Å². The van der Waals surface area contributed by atoms with Gasteiger partial charge >= 0.3 is 0 Å². The molecule has 0 radical (unpaired) electrons. The maximum atomic E-state index is 5.49. The molecule has 0 atom stereocenters. The van der Waals surface area contributed by atoms with E-state index in [9.17, 15) is 0 Å². The molecule has 2 aromatic heterocycles. The molecule has 1 N–H and O–H groups in total. The molecule has 2 saturated heterocycles. The van der Waals surface area contributed by atoms with Gasteiger partial charge in [-0.1, -0.05) is 19.1 Å². The minimum Gasteiger partial charge on any atom is -0.381 e. The number of likely N-dealkylation sites (N-methyl/N-ethyl adjacent to an activating group) is 1. The van der Waals surface area contributed by atoms with Crippen molar-refractivity contribution in [3.8, 4) is 0 Å². The first-order valence-corrected chi connectivity index (χ1v) is 12.4. The first-order chi connectivity index (χ1) is 16.6. The Morgan fingerprint density at radius 3 is 2.53 bits per heavy atom. The average molecular weight is 460 g/mol. The number of pyridine rings is 1. The van der Waals surface area contributed by atoms with E-state index in [2.05, 4.69) is 61.2 Å². The zero-order valence-corrected chi connectivity index (χ0v) is 20.1. The molecule has 1 aromatic carbocycles. The van der Waals surface area contributed by atoms with Crippen LogP contribution in [0.25, 0.3) is 10.9 Å². The molecule has 1 aliphatic carbocycles. The van der Waals surface area contributed by atoms with Gasteiger partial charge in [0.15, 0.2) is 0 Å². The van der Waals surface area contributed by atoms with Gasteiger partial charge in [-0.3, -0.25) is 0 Å². The van der Waals surface area contributed by atoms with Gasteiger partial charge in [-0.2, -0.15) is 0 Å². The third-order valence-corrected chi connectivity index (χ3v) is 7.81. The van der Waals surface area contributed by atoms with Crippen molar-refractivity contribution in [1.29, 1.82) is 0 Å². The summed E-state index contributed by atoms with van der Waals surface area (Å²) in [6.07, 6.45) is 6.62. The molecule has 6 rings (SSSR count). The van der Waals surface area contributed by atoms with E-state index in [4.69, 9.17) is 9.72 Å². The van der Waals surface area contributed by atoms with Crippen LogP contribution in [0.1, 0.15) is 19.8 Å². The SMILES string of the molecule is CCN1CCN(c2ccc(Nc3ncc4cccc(N5CC6(CC(OC)C6)C5)c4n3)nc2)CC1. The van der Waals surface area contributed by atoms with Crippen LogP contribution in [0.15, 0.2) is 42.7 Å². The Balaban J connectivity index is 1.15. The standard InChI is InChI=1S/C26H33N7O/c1-3-31-9-11-32(12-10-31)20-7-8-23(27-16-20)29-25-28-15-19-5-4-6-22(24(19)30-25)33-17-26(18-33)13-21(14-26)34-2/h4-8,15-16,21H,3,9-14,17-18H2,1-2H3,(H,27,28,29,30). The van der Waals surface area contributed by atoms with Crippen LogP contribution in [0.5, 0.6) is 0 Å². The molecular formula is C26H33N7O. The maximum Gasteiger partial charge on any atom is 0.228 e. The second-order valence-electron chi connectivity index (χ2n) is 9.98. The average Bonchev–Trinajstić information content (AvgIpc) is 2.83. The summed E-state index contributed by atoms with van der Waals surface area (Å²) in [6, 6.07) is 10.5. The Morgan fingerprint density at radius 1 is 1.00 bits per heavy atom. The summed E-state index contributed by atoms with van der Waals surface area (Å²) in [5.74, 6) is 1.34. The number of aromatic nitrogens is 3. The lowest BCUT2D eigenvalue weighted by Gasteiger charge is -2.59. The Morgan fingerprint density at radius 2 is 1.82 bits per heavy atom. The molecule has 4 heterocycles. The van der Waals surface area contributed by atoms with Crippen molar-refractivity contribution in [2.45, 2.75) is 25.9 Å². The lowest BCUT2D eigenvalue weighted by atomic mass is 9.61. The lowest BCUT2D eigenvalue weighted by Crippen LogP contribution is -2.64. The molecule has 8 heteroatoms. The molecule has 0 amide bonds. The highest BCUT2D eigenvalue weighted by Crippen LogP contribution is 2.51. The monoisotopic (exact) mass is 459 g/mol. The van der Waals surface area contributed by atoms with Gasteiger partial charge in [0.25, 0.3) is 0 Å². The number of hydrogen-bond donors (Lipinski definition) is 1. The Kier molecular flexibility index (Phi) is 5.50. The minimum absolute atomic E-state index is 0.436. The molecule has 0 bridgehead atoms. The number of hydrogen-bond acceptors (Lipinski definition) is 8. The highest BCUT2D eigenvalue weighted by molar-refractivity contribution is 5.91. The summed E-state index contributed by atoms with van der Waals surface area (Å²) in [5, 5.41) is 4.36. The van der Waals surface area contributed by atoms with Crippen LogP contribution in [-0.4, -0.2) is 78.9 Å². The summed E-state index contributed by atoms with van der Waals surface area (Å²) in [6.45, 7) is 9.80. The summed E-state index contributed by atoms with van der Waals surface area (Å²) in [5.41, 5.74) is 3.78. The highest BCUT2D eigenvalue weighted by atomic mass is 16.5. The third-order valence-electron chi connectivity index (χ3n) is 7.81. The molecule has 1 saturated carbocycles. The van der Waals surface area contributed by atoms with E-state index in [1.807, 2.05) is 25.6 Å². The molecule has 3 aromatic rings. The van der Waals surface area contributed by atoms with Crippen LogP contribution in [0.4, 0.5) is 23.1 Å². The zero-order chi connectivity index (χ0) is 23.1. The van der Waals surface area contributed by atoms with Gasteiger partial charge in [0, 0.05) is 63.4 Å². The quantitative estimate of drug-likeness (QED) is 0.601. The Bertz CT molecular complexity index is 1150. The fourth-order valence-electron chi connectivity index (χ4n) is 5.70. The van der Waals surface area contributed by atoms with Gasteiger partial charge in [0.05, 0.1) is 29.2 Å². The van der Waals surface area contributed by atoms with Crippen LogP contribution < -0.4 is 15.1 Å². The minimum atomic E-state index is 0.436. The fraction of sp³-hybridized carbons (Fsp3) is 0.500. The van der Waals surface area contributed by atoms with Gasteiger partial charge in [0.1, 0.15) is 5.82 Å². The zero-order valence-electron chi connectivity index (χ0n) is 20.1. The first kappa shape index (κ1) is 21.6. The van der Waals surface area contributed by atoms with E-state index in [0.717, 1.165) is 62.5 Å². The molecule has 3 fully saturated rings. The van der Waals surface area contributed by atoms with Gasteiger partial charge < -0.3 is 24.8 Å². The van der Waals surface area contributed by atoms with Gasteiger partial charge in [0.2, 0.25) is 5.95 Å². The van der Waals surface area contributed by atoms with Crippen molar-refractivity contribution in [3.63, 3.8) is 0 Å². The third kappa shape index (κ3) is 3.95. The topological polar surface area (TPSA) is 69.7 Å². The van der Waals surface area contributed by atoms with Crippen molar-refractivity contribution >= 4 is 34.0 Å². The van der Waals surface area contributed by atoms with Crippen molar-refractivity contribution in [3.05, 3.63) is 42.7 Å². The number of nitrogens with one attached hydrogen (secondary N) is 1. The second-order valence-corrected chi connectivity index (χ2v) is 9.98.